The lowest BCUT2D eigenvalue weighted by Crippen LogP contribution is -2.67. The van der Waals surface area contributed by atoms with E-state index in [2.05, 4.69) is 5.32 Å². The quantitative estimate of drug-likeness (QED) is 0.820. The highest BCUT2D eigenvalue weighted by atomic mass is 16.4. The van der Waals surface area contributed by atoms with Crippen molar-refractivity contribution in [2.45, 2.75) is 69.9 Å². The molecule has 106 valence electrons. The molecule has 0 heterocycles. The lowest BCUT2D eigenvalue weighted by molar-refractivity contribution is -0.164. The van der Waals surface area contributed by atoms with Gasteiger partial charge in [0.15, 0.2) is 0 Å². The van der Waals surface area contributed by atoms with Gasteiger partial charge in [-0.25, -0.2) is 0 Å². The topological polar surface area (TPSA) is 49.3 Å². The van der Waals surface area contributed by atoms with Crippen LogP contribution in [0.2, 0.25) is 0 Å². The van der Waals surface area contributed by atoms with Crippen molar-refractivity contribution in [3.8, 4) is 0 Å². The second kappa shape index (κ2) is 3.75. The maximum atomic E-state index is 12.0. The van der Waals surface area contributed by atoms with Gasteiger partial charge in [-0.2, -0.15) is 0 Å². The maximum absolute atomic E-state index is 12.0. The third-order valence-corrected chi connectivity index (χ3v) is 6.60. The van der Waals surface area contributed by atoms with Gasteiger partial charge in [-0.15, -0.1) is 0 Å². The number of carboxylic acid groups (broad SMARTS) is 1. The van der Waals surface area contributed by atoms with Gasteiger partial charge in [-0.1, -0.05) is 0 Å². The summed E-state index contributed by atoms with van der Waals surface area (Å²) in [5.41, 5.74) is -0.652. The summed E-state index contributed by atoms with van der Waals surface area (Å²) in [5.74, 6) is 1.82. The fraction of sp³-hybridized carbons (Fsp3) is 0.938. The van der Waals surface area contributed by atoms with Crippen molar-refractivity contribution in [3.05, 3.63) is 0 Å². The number of nitrogens with one attached hydrogen (secondary N) is 1. The fourth-order valence-electron chi connectivity index (χ4n) is 5.80. The molecule has 0 saturated heterocycles. The minimum absolute atomic E-state index is 0.0379. The first kappa shape index (κ1) is 12.2. The molecule has 5 rings (SSSR count). The Labute approximate surface area is 115 Å². The number of rotatable bonds is 4. The van der Waals surface area contributed by atoms with Gasteiger partial charge < -0.3 is 5.11 Å². The molecule has 3 heteroatoms. The molecule has 0 aliphatic heterocycles. The molecular formula is C16H25NO2. The van der Waals surface area contributed by atoms with Crippen molar-refractivity contribution in [1.29, 1.82) is 0 Å². The Morgan fingerprint density at radius 3 is 1.95 bits per heavy atom. The predicted molar refractivity (Wildman–Crippen MR) is 72.8 cm³/mol. The first-order chi connectivity index (χ1) is 9.01. The Balaban J connectivity index is 1.69. The highest BCUT2D eigenvalue weighted by Crippen LogP contribution is 2.63. The van der Waals surface area contributed by atoms with Crippen LogP contribution in [-0.2, 0) is 4.79 Å². The summed E-state index contributed by atoms with van der Waals surface area (Å²) in [7, 11) is 0. The standard InChI is InChI=1S/C16H25NO2/c1-15(14(18)19,17-13-2-3-13)16-7-10-4-11(8-16)6-12(5-10)9-16/h10-13,17H,2-9H2,1H3,(H,18,19). The van der Waals surface area contributed by atoms with Crippen LogP contribution in [0.4, 0.5) is 0 Å². The summed E-state index contributed by atoms with van der Waals surface area (Å²) >= 11 is 0. The molecule has 4 bridgehead atoms. The van der Waals surface area contributed by atoms with Gasteiger partial charge in [0.25, 0.3) is 0 Å². The third-order valence-electron chi connectivity index (χ3n) is 6.60. The van der Waals surface area contributed by atoms with E-state index in [1.54, 1.807) is 0 Å². The van der Waals surface area contributed by atoms with Gasteiger partial charge in [0.2, 0.25) is 0 Å². The average molecular weight is 263 g/mol. The molecule has 1 unspecified atom stereocenters. The minimum atomic E-state index is -0.690. The highest BCUT2D eigenvalue weighted by Gasteiger charge is 2.62. The summed E-state index contributed by atoms with van der Waals surface area (Å²) in [4.78, 5) is 12.0. The van der Waals surface area contributed by atoms with E-state index in [0.29, 0.717) is 6.04 Å². The zero-order chi connectivity index (χ0) is 13.3. The van der Waals surface area contributed by atoms with Gasteiger partial charge in [0, 0.05) is 6.04 Å². The molecule has 0 aromatic rings. The van der Waals surface area contributed by atoms with E-state index in [9.17, 15) is 9.90 Å². The van der Waals surface area contributed by atoms with E-state index in [1.807, 2.05) is 6.92 Å². The van der Waals surface area contributed by atoms with Gasteiger partial charge >= 0.3 is 5.97 Å². The van der Waals surface area contributed by atoms with Crippen molar-refractivity contribution in [2.24, 2.45) is 23.2 Å². The van der Waals surface area contributed by atoms with Crippen LogP contribution in [0.5, 0.6) is 0 Å². The Morgan fingerprint density at radius 2 is 1.58 bits per heavy atom. The predicted octanol–water partition coefficient (Wildman–Crippen LogP) is 2.80. The van der Waals surface area contributed by atoms with Gasteiger partial charge in [0.05, 0.1) is 0 Å². The van der Waals surface area contributed by atoms with E-state index < -0.39 is 11.5 Å². The smallest absolute Gasteiger partial charge is 0.324 e. The second-order valence-corrected chi connectivity index (χ2v) is 8.05. The van der Waals surface area contributed by atoms with Crippen LogP contribution in [0.25, 0.3) is 0 Å². The maximum Gasteiger partial charge on any atom is 0.324 e. The van der Waals surface area contributed by atoms with Crippen LogP contribution in [0.15, 0.2) is 0 Å². The number of carbonyl (C=O) groups is 1. The van der Waals surface area contributed by atoms with Gasteiger partial charge in [-0.3, -0.25) is 10.1 Å². The van der Waals surface area contributed by atoms with Crippen molar-refractivity contribution in [3.63, 3.8) is 0 Å². The summed E-state index contributed by atoms with van der Waals surface area (Å²) in [6.45, 7) is 1.99. The molecule has 19 heavy (non-hydrogen) atoms. The van der Waals surface area contributed by atoms with E-state index in [4.69, 9.17) is 0 Å². The molecule has 0 aromatic carbocycles. The van der Waals surface area contributed by atoms with E-state index >= 15 is 0 Å². The Bertz CT molecular complexity index is 380. The first-order valence-corrected chi connectivity index (χ1v) is 8.02. The number of carboxylic acids is 1. The van der Waals surface area contributed by atoms with Crippen LogP contribution in [-0.4, -0.2) is 22.7 Å². The lowest BCUT2D eigenvalue weighted by Gasteiger charge is -2.62. The summed E-state index contributed by atoms with van der Waals surface area (Å²) in [5, 5.41) is 13.4. The summed E-state index contributed by atoms with van der Waals surface area (Å²) < 4.78 is 0. The number of hydrogen-bond donors (Lipinski definition) is 2. The van der Waals surface area contributed by atoms with E-state index in [1.165, 1.54) is 19.3 Å². The first-order valence-electron chi connectivity index (χ1n) is 8.02. The number of aliphatic carboxylic acids is 1. The Hall–Kier alpha value is -0.570. The second-order valence-electron chi connectivity index (χ2n) is 8.05. The molecule has 0 aromatic heterocycles. The zero-order valence-electron chi connectivity index (χ0n) is 11.8. The van der Waals surface area contributed by atoms with E-state index in [-0.39, 0.29) is 5.41 Å². The molecule has 0 radical (unpaired) electrons. The van der Waals surface area contributed by atoms with Crippen LogP contribution in [0.1, 0.15) is 58.3 Å². The summed E-state index contributed by atoms with van der Waals surface area (Å²) in [6, 6.07) is 0.467. The highest BCUT2D eigenvalue weighted by molar-refractivity contribution is 5.80. The molecule has 1 atom stereocenters. The van der Waals surface area contributed by atoms with Crippen molar-refractivity contribution < 1.29 is 9.90 Å². The van der Waals surface area contributed by atoms with Crippen LogP contribution in [0, 0.1) is 23.2 Å². The Morgan fingerprint density at radius 1 is 1.11 bits per heavy atom. The largest absolute Gasteiger partial charge is 0.480 e. The molecule has 5 aliphatic rings. The van der Waals surface area contributed by atoms with Crippen molar-refractivity contribution >= 4 is 5.97 Å². The van der Waals surface area contributed by atoms with Crippen LogP contribution < -0.4 is 5.32 Å². The van der Waals surface area contributed by atoms with Crippen LogP contribution >= 0.6 is 0 Å². The van der Waals surface area contributed by atoms with Crippen molar-refractivity contribution in [1.82, 2.24) is 5.32 Å². The zero-order valence-corrected chi connectivity index (χ0v) is 11.8. The third kappa shape index (κ3) is 1.70. The number of hydrogen-bond acceptors (Lipinski definition) is 2. The van der Waals surface area contributed by atoms with Crippen LogP contribution in [0.3, 0.4) is 0 Å². The molecule has 3 nitrogen and oxygen atoms in total. The minimum Gasteiger partial charge on any atom is -0.480 e. The van der Waals surface area contributed by atoms with E-state index in [0.717, 1.165) is 49.9 Å². The molecule has 0 amide bonds. The van der Waals surface area contributed by atoms with Gasteiger partial charge in [-0.05, 0) is 81.5 Å². The SMILES string of the molecule is CC(NC1CC1)(C(=O)O)C12CC3CC(CC(C3)C1)C2. The Kier molecular flexibility index (Phi) is 2.41. The molecule has 5 fully saturated rings. The molecule has 5 aliphatic carbocycles. The molecule has 5 saturated carbocycles. The fourth-order valence-corrected chi connectivity index (χ4v) is 5.80. The molecule has 0 spiro atoms. The average Bonchev–Trinajstić information content (AvgIpc) is 3.10. The molecular weight excluding hydrogens is 238 g/mol. The summed E-state index contributed by atoms with van der Waals surface area (Å²) in [6.07, 6.45) is 9.91. The monoisotopic (exact) mass is 263 g/mol. The lowest BCUT2D eigenvalue weighted by atomic mass is 9.45. The normalized spacial score (nSPS) is 47.1. The molecule has 2 N–H and O–H groups in total. The van der Waals surface area contributed by atoms with Crippen molar-refractivity contribution in [2.75, 3.05) is 0 Å². The van der Waals surface area contributed by atoms with Gasteiger partial charge in [0.1, 0.15) is 5.54 Å².